The summed E-state index contributed by atoms with van der Waals surface area (Å²) in [6.45, 7) is 4.37. The number of hydrogen-bond donors (Lipinski definition) is 2. The smallest absolute Gasteiger partial charge is 0.279 e. The van der Waals surface area contributed by atoms with Gasteiger partial charge < -0.3 is 5.11 Å². The van der Waals surface area contributed by atoms with Crippen molar-refractivity contribution in [1.82, 2.24) is 9.03 Å². The van der Waals surface area contributed by atoms with E-state index in [4.69, 9.17) is 0 Å². The Balaban J connectivity index is 2.21. The number of phenolic OH excluding ortho intramolecular Hbond substituents is 1. The van der Waals surface area contributed by atoms with Crippen molar-refractivity contribution >= 4 is 10.2 Å². The first kappa shape index (κ1) is 13.3. The summed E-state index contributed by atoms with van der Waals surface area (Å²) in [7, 11) is -3.44. The first-order valence-corrected chi connectivity index (χ1v) is 7.40. The van der Waals surface area contributed by atoms with Crippen LogP contribution in [0.5, 0.6) is 5.75 Å². The van der Waals surface area contributed by atoms with Crippen molar-refractivity contribution in [2.75, 3.05) is 6.54 Å². The molecule has 18 heavy (non-hydrogen) atoms. The normalized spacial score (nSPS) is 16.8. The lowest BCUT2D eigenvalue weighted by atomic mass is 10.0. The Labute approximate surface area is 108 Å². The second-order valence-electron chi connectivity index (χ2n) is 4.81. The zero-order valence-electron chi connectivity index (χ0n) is 10.5. The number of nitrogens with one attached hydrogen (secondary N) is 1. The van der Waals surface area contributed by atoms with Crippen molar-refractivity contribution in [3.8, 4) is 5.75 Å². The SMILES string of the molecule is CC(C)NS(=O)(=O)N1CCc2ccc(O)cc2C1. The van der Waals surface area contributed by atoms with E-state index >= 15 is 0 Å². The van der Waals surface area contributed by atoms with Crippen molar-refractivity contribution in [3.63, 3.8) is 0 Å². The van der Waals surface area contributed by atoms with Crippen LogP contribution < -0.4 is 4.72 Å². The molecule has 0 aliphatic carbocycles. The Morgan fingerprint density at radius 3 is 2.72 bits per heavy atom. The monoisotopic (exact) mass is 270 g/mol. The van der Waals surface area contributed by atoms with E-state index in [0.717, 1.165) is 11.1 Å². The lowest BCUT2D eigenvalue weighted by Gasteiger charge is -2.28. The summed E-state index contributed by atoms with van der Waals surface area (Å²) in [5.41, 5.74) is 1.97. The van der Waals surface area contributed by atoms with Crippen LogP contribution in [0.25, 0.3) is 0 Å². The highest BCUT2D eigenvalue weighted by atomic mass is 32.2. The third-order valence-electron chi connectivity index (χ3n) is 2.89. The van der Waals surface area contributed by atoms with E-state index in [1.54, 1.807) is 26.0 Å². The number of aromatic hydroxyl groups is 1. The summed E-state index contributed by atoms with van der Waals surface area (Å²) in [5.74, 6) is 0.171. The largest absolute Gasteiger partial charge is 0.508 e. The fraction of sp³-hybridized carbons (Fsp3) is 0.500. The predicted octanol–water partition coefficient (Wildman–Crippen LogP) is 0.993. The van der Waals surface area contributed by atoms with Gasteiger partial charge in [-0.15, -0.1) is 0 Å². The topological polar surface area (TPSA) is 69.6 Å². The second kappa shape index (κ2) is 4.87. The number of phenols is 1. The molecular weight excluding hydrogens is 252 g/mol. The van der Waals surface area contributed by atoms with E-state index in [1.165, 1.54) is 4.31 Å². The van der Waals surface area contributed by atoms with Gasteiger partial charge in [0, 0.05) is 19.1 Å². The molecule has 100 valence electrons. The third-order valence-corrected chi connectivity index (χ3v) is 4.65. The van der Waals surface area contributed by atoms with Crippen molar-refractivity contribution in [3.05, 3.63) is 29.3 Å². The average molecular weight is 270 g/mol. The van der Waals surface area contributed by atoms with Crippen LogP contribution in [0.3, 0.4) is 0 Å². The summed E-state index contributed by atoms with van der Waals surface area (Å²) >= 11 is 0. The summed E-state index contributed by atoms with van der Waals surface area (Å²) in [5, 5.41) is 9.44. The Morgan fingerprint density at radius 1 is 1.33 bits per heavy atom. The molecule has 0 spiro atoms. The van der Waals surface area contributed by atoms with Gasteiger partial charge in [0.25, 0.3) is 10.2 Å². The Kier molecular flexibility index (Phi) is 3.61. The van der Waals surface area contributed by atoms with E-state index in [0.29, 0.717) is 19.5 Å². The van der Waals surface area contributed by atoms with Gasteiger partial charge in [-0.1, -0.05) is 6.07 Å². The molecule has 1 heterocycles. The molecule has 0 atom stereocenters. The minimum Gasteiger partial charge on any atom is -0.508 e. The Morgan fingerprint density at radius 2 is 2.06 bits per heavy atom. The van der Waals surface area contributed by atoms with Gasteiger partial charge in [-0.2, -0.15) is 17.4 Å². The third kappa shape index (κ3) is 2.82. The quantitative estimate of drug-likeness (QED) is 0.860. The molecule has 0 bridgehead atoms. The Bertz CT molecular complexity index is 540. The highest BCUT2D eigenvalue weighted by Crippen LogP contribution is 2.24. The molecule has 0 unspecified atom stereocenters. The molecule has 1 aromatic carbocycles. The fourth-order valence-corrected chi connectivity index (χ4v) is 3.48. The first-order valence-electron chi connectivity index (χ1n) is 5.96. The van der Waals surface area contributed by atoms with Gasteiger partial charge in [-0.05, 0) is 43.5 Å². The molecule has 2 N–H and O–H groups in total. The molecule has 0 saturated carbocycles. The summed E-state index contributed by atoms with van der Waals surface area (Å²) < 4.78 is 28.1. The van der Waals surface area contributed by atoms with Crippen LogP contribution >= 0.6 is 0 Å². The van der Waals surface area contributed by atoms with Crippen LogP contribution in [0.2, 0.25) is 0 Å². The minimum atomic E-state index is -3.44. The van der Waals surface area contributed by atoms with Crippen LogP contribution in [0, 0.1) is 0 Å². The van der Waals surface area contributed by atoms with Gasteiger partial charge in [-0.3, -0.25) is 0 Å². The lowest BCUT2D eigenvalue weighted by Crippen LogP contribution is -2.45. The van der Waals surface area contributed by atoms with Gasteiger partial charge in [0.2, 0.25) is 0 Å². The number of rotatable bonds is 3. The fourth-order valence-electron chi connectivity index (χ4n) is 2.10. The van der Waals surface area contributed by atoms with E-state index in [2.05, 4.69) is 4.72 Å². The molecule has 1 aromatic rings. The van der Waals surface area contributed by atoms with Crippen LogP contribution in [0.15, 0.2) is 18.2 Å². The zero-order valence-corrected chi connectivity index (χ0v) is 11.4. The Hall–Kier alpha value is -1.11. The van der Waals surface area contributed by atoms with E-state index in [1.807, 2.05) is 6.07 Å². The van der Waals surface area contributed by atoms with Gasteiger partial charge in [-0.25, -0.2) is 0 Å². The van der Waals surface area contributed by atoms with Crippen molar-refractivity contribution in [2.45, 2.75) is 32.9 Å². The van der Waals surface area contributed by atoms with Crippen molar-refractivity contribution < 1.29 is 13.5 Å². The molecule has 5 nitrogen and oxygen atoms in total. The molecule has 2 rings (SSSR count). The lowest BCUT2D eigenvalue weighted by molar-refractivity contribution is 0.379. The van der Waals surface area contributed by atoms with Gasteiger partial charge in [0.1, 0.15) is 5.75 Å². The molecule has 0 radical (unpaired) electrons. The number of fused-ring (bicyclic) bond motifs is 1. The van der Waals surface area contributed by atoms with Crippen molar-refractivity contribution in [2.24, 2.45) is 0 Å². The molecule has 1 aliphatic rings. The number of hydrogen-bond acceptors (Lipinski definition) is 3. The van der Waals surface area contributed by atoms with Gasteiger partial charge in [0.05, 0.1) is 0 Å². The van der Waals surface area contributed by atoms with E-state index in [-0.39, 0.29) is 11.8 Å². The van der Waals surface area contributed by atoms with Crippen LogP contribution in [-0.2, 0) is 23.2 Å². The summed E-state index contributed by atoms with van der Waals surface area (Å²) in [6, 6.07) is 4.99. The molecular formula is C12H18N2O3S. The summed E-state index contributed by atoms with van der Waals surface area (Å²) in [6.07, 6.45) is 0.675. The van der Waals surface area contributed by atoms with Crippen LogP contribution in [0.1, 0.15) is 25.0 Å². The molecule has 0 saturated heterocycles. The molecule has 0 aromatic heterocycles. The predicted molar refractivity (Wildman–Crippen MR) is 69.4 cm³/mol. The van der Waals surface area contributed by atoms with E-state index in [9.17, 15) is 13.5 Å². The molecule has 0 fully saturated rings. The first-order chi connectivity index (χ1) is 8.38. The second-order valence-corrected chi connectivity index (χ2v) is 6.52. The zero-order chi connectivity index (χ0) is 13.3. The number of benzene rings is 1. The summed E-state index contributed by atoms with van der Waals surface area (Å²) in [4.78, 5) is 0. The van der Waals surface area contributed by atoms with Crippen LogP contribution in [0.4, 0.5) is 0 Å². The molecule has 6 heteroatoms. The number of nitrogens with zero attached hydrogens (tertiary/aromatic N) is 1. The maximum absolute atomic E-state index is 12.0. The van der Waals surface area contributed by atoms with Gasteiger partial charge in [0.15, 0.2) is 0 Å². The highest BCUT2D eigenvalue weighted by molar-refractivity contribution is 7.87. The maximum atomic E-state index is 12.0. The standard InChI is InChI=1S/C12H18N2O3S/c1-9(2)13-18(16,17)14-6-5-10-3-4-12(15)7-11(10)8-14/h3-4,7,9,13,15H,5-6,8H2,1-2H3. The molecule has 1 aliphatic heterocycles. The van der Waals surface area contributed by atoms with Crippen LogP contribution in [-0.4, -0.2) is 30.4 Å². The maximum Gasteiger partial charge on any atom is 0.279 e. The molecule has 0 amide bonds. The van der Waals surface area contributed by atoms with Gasteiger partial charge >= 0.3 is 0 Å². The average Bonchev–Trinajstić information content (AvgIpc) is 2.26. The van der Waals surface area contributed by atoms with E-state index < -0.39 is 10.2 Å². The minimum absolute atomic E-state index is 0.124. The highest BCUT2D eigenvalue weighted by Gasteiger charge is 2.27. The van der Waals surface area contributed by atoms with Crippen molar-refractivity contribution in [1.29, 1.82) is 0 Å².